The van der Waals surface area contributed by atoms with E-state index in [9.17, 15) is 14.4 Å². The van der Waals surface area contributed by atoms with Crippen LogP contribution in [0.15, 0.2) is 0 Å². The first-order chi connectivity index (χ1) is 9.38. The lowest BCUT2D eigenvalue weighted by Crippen LogP contribution is -2.51. The molecule has 0 aliphatic carbocycles. The Morgan fingerprint density at radius 3 is 2.60 bits per heavy atom. The molecule has 0 aromatic rings. The maximum Gasteiger partial charge on any atom is 0.308 e. The largest absolute Gasteiger partial charge is 0.481 e. The molecule has 3 atom stereocenters. The van der Waals surface area contributed by atoms with Crippen LogP contribution in [0.4, 0.5) is 0 Å². The van der Waals surface area contributed by atoms with E-state index >= 15 is 0 Å². The number of thioether (sulfide) groups is 1. The van der Waals surface area contributed by atoms with Gasteiger partial charge < -0.3 is 15.3 Å². The number of carbonyl (C=O) groups is 3. The number of hydrogen-bond donors (Lipinski definition) is 2. The Labute approximate surface area is 123 Å². The smallest absolute Gasteiger partial charge is 0.308 e. The van der Waals surface area contributed by atoms with E-state index in [1.54, 1.807) is 30.5 Å². The monoisotopic (exact) mass is 302 g/mol. The van der Waals surface area contributed by atoms with Crippen LogP contribution >= 0.6 is 11.8 Å². The third-order valence-electron chi connectivity index (χ3n) is 3.48. The average Bonchev–Trinajstić information content (AvgIpc) is 2.87. The predicted molar refractivity (Wildman–Crippen MR) is 77.3 cm³/mol. The molecule has 6 nitrogen and oxygen atoms in total. The number of amides is 2. The molecule has 1 fully saturated rings. The van der Waals surface area contributed by atoms with Crippen LogP contribution in [0.3, 0.4) is 0 Å². The Kier molecular flexibility index (Phi) is 6.32. The number of hydrogen-bond acceptors (Lipinski definition) is 4. The quantitative estimate of drug-likeness (QED) is 0.761. The lowest BCUT2D eigenvalue weighted by atomic mass is 10.0. The summed E-state index contributed by atoms with van der Waals surface area (Å²) in [7, 11) is 0. The van der Waals surface area contributed by atoms with Gasteiger partial charge in [0.25, 0.3) is 0 Å². The summed E-state index contributed by atoms with van der Waals surface area (Å²) in [6.45, 7) is 5.14. The number of nitrogens with zero attached hydrogens (tertiary/aromatic N) is 1. The number of carbonyl (C=O) groups excluding carboxylic acids is 2. The zero-order valence-corrected chi connectivity index (χ0v) is 12.9. The normalized spacial score (nSPS) is 21.4. The van der Waals surface area contributed by atoms with Crippen LogP contribution in [0, 0.1) is 5.92 Å². The van der Waals surface area contributed by atoms with Gasteiger partial charge in [-0.15, -0.1) is 11.8 Å². The molecule has 7 heteroatoms. The summed E-state index contributed by atoms with van der Waals surface area (Å²) in [5.41, 5.74) is 0. The van der Waals surface area contributed by atoms with Crippen LogP contribution in [-0.4, -0.2) is 51.5 Å². The Morgan fingerprint density at radius 2 is 2.05 bits per heavy atom. The minimum atomic E-state index is -0.947. The fraction of sp³-hybridized carbons (Fsp3) is 0.769. The number of carboxylic acids is 1. The molecule has 1 aliphatic heterocycles. The summed E-state index contributed by atoms with van der Waals surface area (Å²) in [4.78, 5) is 36.6. The molecule has 0 saturated carbocycles. The lowest BCUT2D eigenvalue weighted by molar-refractivity contribution is -0.143. The molecule has 0 bridgehead atoms. The highest BCUT2D eigenvalue weighted by Gasteiger charge is 2.35. The predicted octanol–water partition coefficient (Wildman–Crippen LogP) is 0.913. The summed E-state index contributed by atoms with van der Waals surface area (Å²) in [5, 5.41) is 11.6. The molecule has 0 radical (unpaired) electrons. The molecule has 2 N–H and O–H groups in total. The first-order valence-corrected chi connectivity index (χ1v) is 7.94. The van der Waals surface area contributed by atoms with Crippen LogP contribution in [0.25, 0.3) is 0 Å². The molecule has 1 aliphatic rings. The molecular weight excluding hydrogens is 280 g/mol. The molecular formula is C13H22N2O4S. The van der Waals surface area contributed by atoms with Crippen molar-refractivity contribution in [1.82, 2.24) is 10.2 Å². The molecule has 114 valence electrons. The maximum atomic E-state index is 12.2. The highest BCUT2D eigenvalue weighted by atomic mass is 32.2. The molecule has 0 aromatic heterocycles. The molecule has 20 heavy (non-hydrogen) atoms. The van der Waals surface area contributed by atoms with Crippen LogP contribution < -0.4 is 5.32 Å². The zero-order valence-electron chi connectivity index (χ0n) is 12.1. The molecule has 1 saturated heterocycles. The van der Waals surface area contributed by atoms with Crippen LogP contribution in [0.1, 0.15) is 33.6 Å². The highest BCUT2D eigenvalue weighted by molar-refractivity contribution is 7.99. The van der Waals surface area contributed by atoms with Crippen molar-refractivity contribution >= 4 is 29.5 Å². The van der Waals surface area contributed by atoms with Gasteiger partial charge in [0.2, 0.25) is 11.8 Å². The molecule has 0 spiro atoms. The third-order valence-corrected chi connectivity index (χ3v) is 4.49. The van der Waals surface area contributed by atoms with Gasteiger partial charge in [0.15, 0.2) is 0 Å². The van der Waals surface area contributed by atoms with Gasteiger partial charge in [-0.05, 0) is 20.3 Å². The van der Waals surface area contributed by atoms with Gasteiger partial charge in [-0.3, -0.25) is 14.4 Å². The second-order valence-electron chi connectivity index (χ2n) is 5.05. The van der Waals surface area contributed by atoms with Gasteiger partial charge in [0, 0.05) is 18.2 Å². The first kappa shape index (κ1) is 16.8. The van der Waals surface area contributed by atoms with E-state index < -0.39 is 24.0 Å². The van der Waals surface area contributed by atoms with Crippen molar-refractivity contribution < 1.29 is 19.5 Å². The van der Waals surface area contributed by atoms with Crippen molar-refractivity contribution in [2.45, 2.75) is 45.7 Å². The fourth-order valence-electron chi connectivity index (χ4n) is 1.92. The Hall–Kier alpha value is -1.24. The van der Waals surface area contributed by atoms with Gasteiger partial charge in [-0.2, -0.15) is 0 Å². The van der Waals surface area contributed by atoms with Crippen LogP contribution in [-0.2, 0) is 14.4 Å². The van der Waals surface area contributed by atoms with Crippen molar-refractivity contribution in [3.63, 3.8) is 0 Å². The van der Waals surface area contributed by atoms with Crippen molar-refractivity contribution in [1.29, 1.82) is 0 Å². The van der Waals surface area contributed by atoms with Crippen LogP contribution in [0.5, 0.6) is 0 Å². The fourth-order valence-corrected chi connectivity index (χ4v) is 3.10. The summed E-state index contributed by atoms with van der Waals surface area (Å²) in [6, 6.07) is -0.948. The Morgan fingerprint density at radius 1 is 1.40 bits per heavy atom. The average molecular weight is 302 g/mol. The van der Waals surface area contributed by atoms with E-state index in [0.717, 1.165) is 6.42 Å². The standard InChI is InChI=1S/C13H22N2O4S/c1-4-5-11(16)15-7-20-6-10(15)12(17)14-9(3)8(2)13(18)19/h8-10H,4-7H2,1-3H3,(H,14,17)(H,18,19). The van der Waals surface area contributed by atoms with Crippen molar-refractivity contribution in [2.75, 3.05) is 11.6 Å². The highest BCUT2D eigenvalue weighted by Crippen LogP contribution is 2.22. The van der Waals surface area contributed by atoms with Crippen LogP contribution in [0.2, 0.25) is 0 Å². The zero-order chi connectivity index (χ0) is 15.3. The maximum absolute atomic E-state index is 12.2. The lowest BCUT2D eigenvalue weighted by Gasteiger charge is -2.25. The SMILES string of the molecule is CCCC(=O)N1CSCC1C(=O)NC(C)C(C)C(=O)O. The van der Waals surface area contributed by atoms with E-state index in [1.807, 2.05) is 6.92 Å². The summed E-state index contributed by atoms with van der Waals surface area (Å²) < 4.78 is 0. The summed E-state index contributed by atoms with van der Waals surface area (Å²) in [6.07, 6.45) is 1.19. The van der Waals surface area contributed by atoms with Gasteiger partial charge in [-0.1, -0.05) is 6.92 Å². The summed E-state index contributed by atoms with van der Waals surface area (Å²) in [5.74, 6) is -0.795. The number of nitrogens with one attached hydrogen (secondary N) is 1. The second-order valence-corrected chi connectivity index (χ2v) is 6.05. The minimum Gasteiger partial charge on any atom is -0.481 e. The van der Waals surface area contributed by atoms with Gasteiger partial charge >= 0.3 is 5.97 Å². The third kappa shape index (κ3) is 4.13. The van der Waals surface area contributed by atoms with Gasteiger partial charge in [0.05, 0.1) is 11.8 Å². The van der Waals surface area contributed by atoms with E-state index in [2.05, 4.69) is 5.32 Å². The second kappa shape index (κ2) is 7.52. The van der Waals surface area contributed by atoms with E-state index in [1.165, 1.54) is 0 Å². The number of aliphatic carboxylic acids is 1. The minimum absolute atomic E-state index is 0.0170. The Balaban J connectivity index is 2.62. The van der Waals surface area contributed by atoms with Crippen molar-refractivity contribution in [3.05, 3.63) is 0 Å². The van der Waals surface area contributed by atoms with E-state index in [-0.39, 0.29) is 11.8 Å². The number of rotatable bonds is 6. The molecule has 0 aromatic carbocycles. The molecule has 3 unspecified atom stereocenters. The Bertz CT molecular complexity index is 389. The van der Waals surface area contributed by atoms with Gasteiger partial charge in [0.1, 0.15) is 6.04 Å². The molecule has 2 amide bonds. The van der Waals surface area contributed by atoms with Crippen molar-refractivity contribution in [2.24, 2.45) is 5.92 Å². The van der Waals surface area contributed by atoms with Gasteiger partial charge in [-0.25, -0.2) is 0 Å². The van der Waals surface area contributed by atoms with Crippen molar-refractivity contribution in [3.8, 4) is 0 Å². The molecule has 1 rings (SSSR count). The first-order valence-electron chi connectivity index (χ1n) is 6.78. The summed E-state index contributed by atoms with van der Waals surface area (Å²) >= 11 is 1.54. The number of carboxylic acid groups (broad SMARTS) is 1. The topological polar surface area (TPSA) is 86.7 Å². The van der Waals surface area contributed by atoms with E-state index in [0.29, 0.717) is 18.1 Å². The molecule has 1 heterocycles. The van der Waals surface area contributed by atoms with E-state index in [4.69, 9.17) is 5.11 Å².